The molecular formula is C23H38B4I4P4. The van der Waals surface area contributed by atoms with Crippen LogP contribution in [0.3, 0.4) is 0 Å². The van der Waals surface area contributed by atoms with Gasteiger partial charge in [0, 0.05) is 0 Å². The van der Waals surface area contributed by atoms with Crippen molar-refractivity contribution in [3.63, 3.8) is 0 Å². The van der Waals surface area contributed by atoms with Crippen molar-refractivity contribution in [3.05, 3.63) is 126 Å². The van der Waals surface area contributed by atoms with E-state index in [2.05, 4.69) is 168 Å². The van der Waals surface area contributed by atoms with Crippen molar-refractivity contribution in [3.8, 4) is 0 Å². The zero-order valence-electron chi connectivity index (χ0n) is 21.0. The van der Waals surface area contributed by atoms with Gasteiger partial charge in [-0.15, -0.1) is 70.6 Å². The van der Waals surface area contributed by atoms with E-state index in [1.54, 1.807) is 24.0 Å². The van der Waals surface area contributed by atoms with E-state index in [1.165, 1.54) is 0 Å². The molecule has 4 radical (unpaired) electrons. The van der Waals surface area contributed by atoms with Crippen molar-refractivity contribution in [1.82, 2.24) is 0 Å². The fraction of sp³-hybridized carbons (Fsp3) is 0.130. The van der Waals surface area contributed by atoms with Gasteiger partial charge in [0.25, 0.3) is 0 Å². The van der Waals surface area contributed by atoms with Crippen LogP contribution < -0.4 is 0 Å². The highest BCUT2D eigenvalue weighted by Gasteiger charge is 1.98. The highest BCUT2D eigenvalue weighted by atomic mass is 127. The molecule has 0 aliphatic heterocycles. The average Bonchev–Trinajstić information content (AvgIpc) is 2.86. The van der Waals surface area contributed by atoms with Crippen molar-refractivity contribution >= 4 is 138 Å². The molecule has 0 spiro atoms. The molecule has 0 fully saturated rings. The molecule has 4 atom stereocenters. The van der Waals surface area contributed by atoms with E-state index in [1.807, 2.05) is 57.5 Å². The van der Waals surface area contributed by atoms with Crippen LogP contribution in [0.1, 0.15) is 6.92 Å². The lowest BCUT2D eigenvalue weighted by Gasteiger charge is -2.01. The van der Waals surface area contributed by atoms with Gasteiger partial charge in [0.2, 0.25) is 0 Å². The fourth-order valence-electron chi connectivity index (χ4n) is 0.871. The molecule has 12 heteroatoms. The molecule has 0 aliphatic rings. The van der Waals surface area contributed by atoms with Crippen LogP contribution in [-0.4, -0.2) is 34.2 Å². The molecular weight excluding hydrogens is 951 g/mol. The second kappa shape index (κ2) is 52.7. The molecule has 0 bridgehead atoms. The summed E-state index contributed by atoms with van der Waals surface area (Å²) in [5, 5.41) is 0. The van der Waals surface area contributed by atoms with Crippen molar-refractivity contribution in [2.75, 3.05) is 6.16 Å². The summed E-state index contributed by atoms with van der Waals surface area (Å²) in [7, 11) is 0. The molecule has 0 nitrogen and oxygen atoms in total. The van der Waals surface area contributed by atoms with Gasteiger partial charge in [0.05, 0.1) is 0 Å². The maximum Gasteiger partial charge on any atom is 0.194 e. The predicted octanol–water partition coefficient (Wildman–Crippen LogP) is 13.4. The second-order valence-electron chi connectivity index (χ2n) is 4.72. The Hall–Kier alpha value is 2.30. The third-order valence-electron chi connectivity index (χ3n) is 2.04. The highest BCUT2D eigenvalue weighted by Crippen LogP contribution is 2.44. The van der Waals surface area contributed by atoms with Gasteiger partial charge in [-0.1, -0.05) is 172 Å². The summed E-state index contributed by atoms with van der Waals surface area (Å²) >= 11 is 9.43. The smallest absolute Gasteiger partial charge is 0.122 e. The second-order valence-corrected chi connectivity index (χ2v) is 24.1. The maximum atomic E-state index is 3.67. The first kappa shape index (κ1) is 50.2. The lowest BCUT2D eigenvalue weighted by Crippen LogP contribution is -1.82. The summed E-state index contributed by atoms with van der Waals surface area (Å²) < 4.78 is 0. The van der Waals surface area contributed by atoms with Crippen LogP contribution in [0.5, 0.6) is 0 Å². The Morgan fingerprint density at radius 2 is 0.886 bits per heavy atom. The average molecular weight is 989 g/mol. The standard InChI is InChI=1S/C6H10BIP.3C4H6BIP.C3H6.C2H4/c1-3-5-7-9(8)6-4-2;3*1-3-5-7(6)4-2;1-3-2;1-2/h3-4H,1-2,5-6H2;3*3-4H,1-2H2;3H,1H2,2H3;1-2H2. The maximum absolute atomic E-state index is 3.67. The van der Waals surface area contributed by atoms with Crippen LogP contribution in [0.4, 0.5) is 0 Å². The lowest BCUT2D eigenvalue weighted by atomic mass is 10.0. The van der Waals surface area contributed by atoms with Crippen molar-refractivity contribution < 1.29 is 0 Å². The summed E-state index contributed by atoms with van der Waals surface area (Å²) in [6.07, 6.45) is 7.81. The quantitative estimate of drug-likeness (QED) is 0.0704. The Bertz CT molecular complexity index is 494. The van der Waals surface area contributed by atoms with Crippen LogP contribution in [0, 0.1) is 0 Å². The molecule has 0 amide bonds. The van der Waals surface area contributed by atoms with E-state index in [4.69, 9.17) is 0 Å². The minimum atomic E-state index is -0.0876. The Balaban J connectivity index is -0.0000000756. The summed E-state index contributed by atoms with van der Waals surface area (Å²) in [5.41, 5.74) is -0.194. The molecule has 0 saturated heterocycles. The third-order valence-corrected chi connectivity index (χ3v) is 14.6. The first-order valence-electron chi connectivity index (χ1n) is 9.78. The first-order chi connectivity index (χ1) is 16.6. The lowest BCUT2D eigenvalue weighted by molar-refractivity contribution is 1.74. The van der Waals surface area contributed by atoms with Crippen LogP contribution in [-0.2, 0) is 0 Å². The summed E-state index contributed by atoms with van der Waals surface area (Å²) in [6, 6.07) is 0. The van der Waals surface area contributed by atoms with Gasteiger partial charge in [-0.05, 0) is 13.1 Å². The van der Waals surface area contributed by atoms with Crippen LogP contribution in [0.25, 0.3) is 0 Å². The summed E-state index contributed by atoms with van der Waals surface area (Å²) in [4.78, 5) is 0. The van der Waals surface area contributed by atoms with E-state index in [0.717, 1.165) is 12.5 Å². The number of halogens is 4. The minimum Gasteiger partial charge on any atom is -0.122 e. The van der Waals surface area contributed by atoms with E-state index in [-0.39, 0.29) is 21.8 Å². The molecule has 0 rings (SSSR count). The Morgan fingerprint density at radius 3 is 1.03 bits per heavy atom. The number of rotatable bonds is 14. The van der Waals surface area contributed by atoms with E-state index < -0.39 is 0 Å². The SMILES string of the molecule is C=C.C=CC.C=CC[B]P(I)CC=C.C=C[B]P(I)C=C.C=C[B]P(I)C=C.C=C[B]P(I)C=C. The van der Waals surface area contributed by atoms with Gasteiger partial charge in [0.1, 0.15) is 0 Å². The number of hydrogen-bond donors (Lipinski definition) is 0. The van der Waals surface area contributed by atoms with Crippen molar-refractivity contribution in [2.45, 2.75) is 13.2 Å². The van der Waals surface area contributed by atoms with Crippen LogP contribution >= 0.6 is 110 Å². The molecule has 0 aliphatic carbocycles. The van der Waals surface area contributed by atoms with Gasteiger partial charge < -0.3 is 0 Å². The van der Waals surface area contributed by atoms with E-state index in [9.17, 15) is 0 Å². The Kier molecular flexibility index (Phi) is 75.5. The highest BCUT2D eigenvalue weighted by molar-refractivity contribution is 14.2. The van der Waals surface area contributed by atoms with Crippen molar-refractivity contribution in [2.24, 2.45) is 0 Å². The van der Waals surface area contributed by atoms with Crippen molar-refractivity contribution in [1.29, 1.82) is 0 Å². The zero-order valence-corrected chi connectivity index (χ0v) is 33.2. The molecule has 190 valence electrons. The topological polar surface area (TPSA) is 0 Å². The normalized spacial score (nSPS) is 10.9. The fourth-order valence-corrected chi connectivity index (χ4v) is 6.18. The predicted molar refractivity (Wildman–Crippen MR) is 225 cm³/mol. The molecule has 35 heavy (non-hydrogen) atoms. The van der Waals surface area contributed by atoms with Gasteiger partial charge in [0.15, 0.2) is 28.0 Å². The minimum absolute atomic E-state index is 0.0691. The molecule has 0 aromatic rings. The monoisotopic (exact) mass is 990 g/mol. The third kappa shape index (κ3) is 72.3. The van der Waals surface area contributed by atoms with Gasteiger partial charge in [-0.25, -0.2) is 0 Å². The molecule has 0 aromatic carbocycles. The van der Waals surface area contributed by atoms with Crippen LogP contribution in [0.15, 0.2) is 126 Å². The summed E-state index contributed by atoms with van der Waals surface area (Å²) in [5.74, 6) is 11.2. The number of allylic oxidation sites excluding steroid dienone is 3. The molecule has 0 heterocycles. The van der Waals surface area contributed by atoms with E-state index >= 15 is 0 Å². The summed E-state index contributed by atoms with van der Waals surface area (Å²) in [6.45, 7) is 48.5. The van der Waals surface area contributed by atoms with Gasteiger partial charge in [-0.2, -0.15) is 0 Å². The van der Waals surface area contributed by atoms with Gasteiger partial charge in [-0.3, -0.25) is 0 Å². The molecule has 4 unspecified atom stereocenters. The van der Waals surface area contributed by atoms with E-state index in [0.29, 0.717) is 0 Å². The molecule has 0 N–H and O–H groups in total. The van der Waals surface area contributed by atoms with Gasteiger partial charge >= 0.3 is 0 Å². The zero-order chi connectivity index (χ0) is 28.9. The Morgan fingerprint density at radius 1 is 0.600 bits per heavy atom. The first-order valence-corrected chi connectivity index (χ1v) is 27.0. The Labute approximate surface area is 279 Å². The largest absolute Gasteiger partial charge is 0.194 e. The molecule has 0 saturated carbocycles. The van der Waals surface area contributed by atoms with Crippen LogP contribution in [0.2, 0.25) is 6.32 Å². The molecule has 0 aromatic heterocycles. The number of hydrogen-bond acceptors (Lipinski definition) is 0.